The highest BCUT2D eigenvalue weighted by atomic mass is 16.4. The van der Waals surface area contributed by atoms with Crippen molar-refractivity contribution < 1.29 is 14.7 Å². The monoisotopic (exact) mass is 274 g/mol. The van der Waals surface area contributed by atoms with Crippen LogP contribution in [0.5, 0.6) is 0 Å². The SMILES string of the molecule is Cc1cc(/C=C/C(=O)O)ccc1N1CCC(C(N)=O)C1. The molecule has 0 spiro atoms. The molecule has 0 aliphatic carbocycles. The minimum Gasteiger partial charge on any atom is -0.478 e. The largest absolute Gasteiger partial charge is 0.478 e. The van der Waals surface area contributed by atoms with Gasteiger partial charge in [-0.25, -0.2) is 4.79 Å². The highest BCUT2D eigenvalue weighted by Gasteiger charge is 2.27. The molecule has 1 amide bonds. The number of amides is 1. The summed E-state index contributed by atoms with van der Waals surface area (Å²) in [4.78, 5) is 23.8. The van der Waals surface area contributed by atoms with Gasteiger partial charge in [0.1, 0.15) is 0 Å². The molecule has 1 aliphatic heterocycles. The molecule has 0 saturated carbocycles. The molecule has 1 atom stereocenters. The molecule has 3 N–H and O–H groups in total. The molecule has 1 heterocycles. The van der Waals surface area contributed by atoms with Gasteiger partial charge in [-0.1, -0.05) is 6.07 Å². The fourth-order valence-corrected chi connectivity index (χ4v) is 2.52. The van der Waals surface area contributed by atoms with E-state index in [9.17, 15) is 9.59 Å². The second-order valence-corrected chi connectivity index (χ2v) is 5.05. The number of benzene rings is 1. The molecular weight excluding hydrogens is 256 g/mol. The number of nitrogens with zero attached hydrogens (tertiary/aromatic N) is 1. The number of carbonyl (C=O) groups is 2. The Bertz CT molecular complexity index is 566. The predicted molar refractivity (Wildman–Crippen MR) is 77.4 cm³/mol. The summed E-state index contributed by atoms with van der Waals surface area (Å²) in [7, 11) is 0. The van der Waals surface area contributed by atoms with Gasteiger partial charge in [0.15, 0.2) is 0 Å². The Morgan fingerprint density at radius 1 is 1.45 bits per heavy atom. The number of rotatable bonds is 4. The van der Waals surface area contributed by atoms with E-state index in [-0.39, 0.29) is 11.8 Å². The molecule has 0 bridgehead atoms. The summed E-state index contributed by atoms with van der Waals surface area (Å²) in [5.74, 6) is -1.29. The van der Waals surface area contributed by atoms with E-state index in [4.69, 9.17) is 10.8 Å². The Morgan fingerprint density at radius 3 is 2.75 bits per heavy atom. The van der Waals surface area contributed by atoms with E-state index >= 15 is 0 Å². The Balaban J connectivity index is 2.14. The average molecular weight is 274 g/mol. The van der Waals surface area contributed by atoms with Crippen LogP contribution in [0.25, 0.3) is 6.08 Å². The Labute approximate surface area is 117 Å². The molecular formula is C15H18N2O3. The first-order chi connectivity index (χ1) is 9.47. The van der Waals surface area contributed by atoms with Crippen molar-refractivity contribution in [2.24, 2.45) is 11.7 Å². The third-order valence-corrected chi connectivity index (χ3v) is 3.57. The fourth-order valence-electron chi connectivity index (χ4n) is 2.52. The van der Waals surface area contributed by atoms with Crippen LogP contribution in [0.15, 0.2) is 24.3 Å². The number of aryl methyl sites for hydroxylation is 1. The lowest BCUT2D eigenvalue weighted by molar-refractivity contribution is -0.131. The lowest BCUT2D eigenvalue weighted by Gasteiger charge is -2.21. The Morgan fingerprint density at radius 2 is 2.20 bits per heavy atom. The lowest BCUT2D eigenvalue weighted by atomic mass is 10.1. The Hall–Kier alpha value is -2.30. The Kier molecular flexibility index (Phi) is 4.08. The standard InChI is InChI=1S/C15H18N2O3/c1-10-8-11(3-5-14(18)19)2-4-13(10)17-7-6-12(9-17)15(16)20/h2-5,8,12H,6-7,9H2,1H3,(H2,16,20)(H,18,19)/b5-3+. The van der Waals surface area contributed by atoms with Gasteiger partial charge >= 0.3 is 5.97 Å². The third kappa shape index (κ3) is 3.17. The number of primary amides is 1. The molecule has 1 aromatic rings. The summed E-state index contributed by atoms with van der Waals surface area (Å²) in [6, 6.07) is 5.77. The first-order valence-corrected chi connectivity index (χ1v) is 6.53. The predicted octanol–water partition coefficient (Wildman–Crippen LogP) is 1.40. The van der Waals surface area contributed by atoms with E-state index in [2.05, 4.69) is 4.90 Å². The highest BCUT2D eigenvalue weighted by Crippen LogP contribution is 2.27. The summed E-state index contributed by atoms with van der Waals surface area (Å²) in [6.07, 6.45) is 3.47. The number of carbonyl (C=O) groups excluding carboxylic acids is 1. The number of anilines is 1. The van der Waals surface area contributed by atoms with Gasteiger partial charge in [-0.3, -0.25) is 4.79 Å². The third-order valence-electron chi connectivity index (χ3n) is 3.57. The summed E-state index contributed by atoms with van der Waals surface area (Å²) >= 11 is 0. The van der Waals surface area contributed by atoms with Crippen molar-refractivity contribution in [2.45, 2.75) is 13.3 Å². The summed E-state index contributed by atoms with van der Waals surface area (Å²) < 4.78 is 0. The van der Waals surface area contributed by atoms with Gasteiger partial charge in [-0.05, 0) is 42.7 Å². The zero-order chi connectivity index (χ0) is 14.7. The van der Waals surface area contributed by atoms with Crippen LogP contribution in [0.1, 0.15) is 17.5 Å². The van der Waals surface area contributed by atoms with Crippen molar-refractivity contribution in [1.82, 2.24) is 0 Å². The highest BCUT2D eigenvalue weighted by molar-refractivity contribution is 5.85. The normalized spacial score (nSPS) is 18.6. The number of aliphatic carboxylic acids is 1. The van der Waals surface area contributed by atoms with Crippen molar-refractivity contribution in [3.8, 4) is 0 Å². The van der Waals surface area contributed by atoms with Gasteiger partial charge in [0.05, 0.1) is 5.92 Å². The summed E-state index contributed by atoms with van der Waals surface area (Å²) in [6.45, 7) is 3.45. The van der Waals surface area contributed by atoms with E-state index in [0.717, 1.165) is 35.9 Å². The second-order valence-electron chi connectivity index (χ2n) is 5.05. The van der Waals surface area contributed by atoms with E-state index in [1.54, 1.807) is 6.08 Å². The summed E-state index contributed by atoms with van der Waals surface area (Å²) in [5.41, 5.74) is 8.31. The molecule has 2 rings (SSSR count). The zero-order valence-electron chi connectivity index (χ0n) is 11.4. The topological polar surface area (TPSA) is 83.6 Å². The van der Waals surface area contributed by atoms with Crippen LogP contribution in [-0.4, -0.2) is 30.1 Å². The van der Waals surface area contributed by atoms with Gasteiger partial charge < -0.3 is 15.7 Å². The quantitative estimate of drug-likeness (QED) is 0.813. The van der Waals surface area contributed by atoms with Gasteiger partial charge in [0.25, 0.3) is 0 Å². The van der Waals surface area contributed by atoms with Crippen molar-refractivity contribution in [3.63, 3.8) is 0 Å². The molecule has 20 heavy (non-hydrogen) atoms. The van der Waals surface area contributed by atoms with Crippen molar-refractivity contribution in [2.75, 3.05) is 18.0 Å². The lowest BCUT2D eigenvalue weighted by Crippen LogP contribution is -2.27. The smallest absolute Gasteiger partial charge is 0.328 e. The van der Waals surface area contributed by atoms with Crippen LogP contribution >= 0.6 is 0 Å². The van der Waals surface area contributed by atoms with Gasteiger partial charge in [-0.2, -0.15) is 0 Å². The van der Waals surface area contributed by atoms with Crippen molar-refractivity contribution >= 4 is 23.6 Å². The van der Waals surface area contributed by atoms with E-state index < -0.39 is 5.97 Å². The molecule has 0 radical (unpaired) electrons. The van der Waals surface area contributed by atoms with Gasteiger partial charge in [-0.15, -0.1) is 0 Å². The van der Waals surface area contributed by atoms with Crippen LogP contribution in [0.2, 0.25) is 0 Å². The number of carboxylic acids is 1. The fraction of sp³-hybridized carbons (Fsp3) is 0.333. The van der Waals surface area contributed by atoms with E-state index in [0.29, 0.717) is 6.54 Å². The van der Waals surface area contributed by atoms with Crippen LogP contribution in [0.4, 0.5) is 5.69 Å². The maximum absolute atomic E-state index is 11.2. The van der Waals surface area contributed by atoms with Gasteiger partial charge in [0.2, 0.25) is 5.91 Å². The van der Waals surface area contributed by atoms with E-state index in [1.165, 1.54) is 0 Å². The van der Waals surface area contributed by atoms with Gasteiger partial charge in [0, 0.05) is 24.9 Å². The van der Waals surface area contributed by atoms with Crippen LogP contribution in [0, 0.1) is 12.8 Å². The molecule has 1 saturated heterocycles. The minimum absolute atomic E-state index is 0.0824. The summed E-state index contributed by atoms with van der Waals surface area (Å²) in [5, 5.41) is 8.61. The molecule has 0 aromatic heterocycles. The number of hydrogen-bond donors (Lipinski definition) is 2. The molecule has 1 aromatic carbocycles. The van der Waals surface area contributed by atoms with Crippen molar-refractivity contribution in [3.05, 3.63) is 35.4 Å². The van der Waals surface area contributed by atoms with Crippen molar-refractivity contribution in [1.29, 1.82) is 0 Å². The van der Waals surface area contributed by atoms with Crippen LogP contribution in [0.3, 0.4) is 0 Å². The number of nitrogens with two attached hydrogens (primary N) is 1. The molecule has 5 nitrogen and oxygen atoms in total. The second kappa shape index (κ2) is 5.77. The minimum atomic E-state index is -0.962. The maximum atomic E-state index is 11.2. The molecule has 1 unspecified atom stereocenters. The first-order valence-electron chi connectivity index (χ1n) is 6.53. The number of carboxylic acid groups (broad SMARTS) is 1. The maximum Gasteiger partial charge on any atom is 0.328 e. The molecule has 5 heteroatoms. The van der Waals surface area contributed by atoms with E-state index in [1.807, 2.05) is 25.1 Å². The molecule has 1 fully saturated rings. The molecule has 1 aliphatic rings. The van der Waals surface area contributed by atoms with Crippen LogP contribution < -0.4 is 10.6 Å². The number of hydrogen-bond acceptors (Lipinski definition) is 3. The average Bonchev–Trinajstić information content (AvgIpc) is 2.86. The van der Waals surface area contributed by atoms with Crippen LogP contribution in [-0.2, 0) is 9.59 Å². The zero-order valence-corrected chi connectivity index (χ0v) is 11.4. The first kappa shape index (κ1) is 14.1. The molecule has 106 valence electrons.